The van der Waals surface area contributed by atoms with Gasteiger partial charge in [0.1, 0.15) is 11.3 Å². The van der Waals surface area contributed by atoms with Gasteiger partial charge >= 0.3 is 0 Å². The van der Waals surface area contributed by atoms with E-state index >= 15 is 0 Å². The highest BCUT2D eigenvalue weighted by molar-refractivity contribution is 7.91. The van der Waals surface area contributed by atoms with Gasteiger partial charge < -0.3 is 4.90 Å². The second-order valence-corrected chi connectivity index (χ2v) is 7.25. The summed E-state index contributed by atoms with van der Waals surface area (Å²) in [5, 5.41) is 10.6. The SMILES string of the molecule is O=C(c1cc([N+](=O)[O-])cnc1Cl)N1CCCS(=O)(=O)CC1. The maximum atomic E-state index is 12.3. The number of aromatic nitrogens is 1. The number of nitrogens with zero attached hydrogens (tertiary/aromatic N) is 3. The van der Waals surface area contributed by atoms with Crippen LogP contribution >= 0.6 is 11.6 Å². The Kier molecular flexibility index (Phi) is 4.43. The van der Waals surface area contributed by atoms with Crippen LogP contribution in [-0.2, 0) is 9.84 Å². The van der Waals surface area contributed by atoms with E-state index in [9.17, 15) is 23.3 Å². The van der Waals surface area contributed by atoms with Crippen LogP contribution in [0, 0.1) is 10.1 Å². The van der Waals surface area contributed by atoms with Crippen molar-refractivity contribution in [1.29, 1.82) is 0 Å². The topological polar surface area (TPSA) is 110 Å². The first-order valence-electron chi connectivity index (χ1n) is 6.10. The van der Waals surface area contributed by atoms with E-state index in [-0.39, 0.29) is 41.0 Å². The van der Waals surface area contributed by atoms with Crippen molar-refractivity contribution < 1.29 is 18.1 Å². The largest absolute Gasteiger partial charge is 0.337 e. The lowest BCUT2D eigenvalue weighted by Gasteiger charge is -2.19. The van der Waals surface area contributed by atoms with E-state index in [1.54, 1.807) is 0 Å². The van der Waals surface area contributed by atoms with Gasteiger partial charge in [-0.05, 0) is 6.42 Å². The first-order chi connectivity index (χ1) is 9.80. The van der Waals surface area contributed by atoms with Crippen LogP contribution in [0.1, 0.15) is 16.8 Å². The van der Waals surface area contributed by atoms with Crippen molar-refractivity contribution in [3.63, 3.8) is 0 Å². The van der Waals surface area contributed by atoms with Gasteiger partial charge in [-0.2, -0.15) is 0 Å². The summed E-state index contributed by atoms with van der Waals surface area (Å²) < 4.78 is 23.0. The molecule has 1 aromatic heterocycles. The summed E-state index contributed by atoms with van der Waals surface area (Å²) in [5.41, 5.74) is -0.435. The van der Waals surface area contributed by atoms with Crippen molar-refractivity contribution in [2.24, 2.45) is 0 Å². The lowest BCUT2D eigenvalue weighted by atomic mass is 10.2. The fraction of sp³-hybridized carbons (Fsp3) is 0.455. The number of nitro groups is 1. The van der Waals surface area contributed by atoms with Crippen LogP contribution < -0.4 is 0 Å². The Morgan fingerprint density at radius 2 is 2.10 bits per heavy atom. The number of rotatable bonds is 2. The molecule has 2 rings (SSSR count). The molecule has 0 bridgehead atoms. The lowest BCUT2D eigenvalue weighted by molar-refractivity contribution is -0.385. The number of pyridine rings is 1. The number of amides is 1. The molecule has 1 amide bonds. The van der Waals surface area contributed by atoms with Gasteiger partial charge in [-0.25, -0.2) is 13.4 Å². The van der Waals surface area contributed by atoms with Crippen LogP contribution in [0.4, 0.5) is 5.69 Å². The molecule has 114 valence electrons. The summed E-state index contributed by atoms with van der Waals surface area (Å²) in [6.07, 6.45) is 1.29. The molecule has 0 radical (unpaired) electrons. The van der Waals surface area contributed by atoms with E-state index in [4.69, 9.17) is 11.6 Å². The summed E-state index contributed by atoms with van der Waals surface area (Å²) in [5.74, 6) is -0.649. The Hall–Kier alpha value is -1.74. The molecular weight excluding hydrogens is 322 g/mol. The Morgan fingerprint density at radius 1 is 1.38 bits per heavy atom. The third-order valence-electron chi connectivity index (χ3n) is 3.11. The first-order valence-corrected chi connectivity index (χ1v) is 8.30. The van der Waals surface area contributed by atoms with Crippen molar-refractivity contribution in [2.75, 3.05) is 24.6 Å². The maximum absolute atomic E-state index is 12.3. The fourth-order valence-corrected chi connectivity index (χ4v) is 3.45. The predicted molar refractivity (Wildman–Crippen MR) is 75.1 cm³/mol. The molecule has 0 saturated carbocycles. The zero-order valence-corrected chi connectivity index (χ0v) is 12.4. The van der Waals surface area contributed by atoms with E-state index in [2.05, 4.69) is 4.98 Å². The molecule has 1 aliphatic heterocycles. The van der Waals surface area contributed by atoms with E-state index in [1.165, 1.54) is 4.90 Å². The van der Waals surface area contributed by atoms with Gasteiger partial charge in [0.25, 0.3) is 11.6 Å². The standard InChI is InChI=1S/C11H12ClN3O5S/c12-10-9(6-8(7-13-10)15(17)18)11(16)14-2-1-4-21(19,20)5-3-14/h6-7H,1-5H2. The number of carbonyl (C=O) groups excluding carboxylic acids is 1. The highest BCUT2D eigenvalue weighted by atomic mass is 35.5. The smallest absolute Gasteiger partial charge is 0.288 e. The predicted octanol–water partition coefficient (Wildman–Crippen LogP) is 0.904. The van der Waals surface area contributed by atoms with Gasteiger partial charge in [-0.15, -0.1) is 0 Å². The molecule has 10 heteroatoms. The molecule has 1 aliphatic rings. The zero-order valence-electron chi connectivity index (χ0n) is 10.9. The van der Waals surface area contributed by atoms with Crippen molar-refractivity contribution >= 4 is 33.0 Å². The van der Waals surface area contributed by atoms with Crippen molar-refractivity contribution in [2.45, 2.75) is 6.42 Å². The number of halogens is 1. The molecule has 0 atom stereocenters. The monoisotopic (exact) mass is 333 g/mol. The summed E-state index contributed by atoms with van der Waals surface area (Å²) in [6, 6.07) is 1.05. The van der Waals surface area contributed by atoms with E-state index in [0.29, 0.717) is 6.42 Å². The van der Waals surface area contributed by atoms with Gasteiger partial charge in [0.2, 0.25) is 0 Å². The molecule has 0 aliphatic carbocycles. The van der Waals surface area contributed by atoms with Gasteiger partial charge in [0, 0.05) is 19.2 Å². The molecule has 1 saturated heterocycles. The minimum Gasteiger partial charge on any atom is -0.337 e. The second-order valence-electron chi connectivity index (χ2n) is 4.59. The normalized spacial score (nSPS) is 18.0. The van der Waals surface area contributed by atoms with Crippen LogP contribution in [-0.4, -0.2) is 53.7 Å². The van der Waals surface area contributed by atoms with Crippen molar-refractivity contribution in [3.8, 4) is 0 Å². The maximum Gasteiger partial charge on any atom is 0.288 e. The number of carbonyl (C=O) groups is 1. The van der Waals surface area contributed by atoms with Crippen LogP contribution in [0.2, 0.25) is 5.15 Å². The molecule has 0 spiro atoms. The second kappa shape index (κ2) is 5.94. The van der Waals surface area contributed by atoms with E-state index < -0.39 is 20.7 Å². The summed E-state index contributed by atoms with van der Waals surface area (Å²) in [7, 11) is -3.15. The number of hydrogen-bond donors (Lipinski definition) is 0. The molecule has 1 fully saturated rings. The summed E-state index contributed by atoms with van der Waals surface area (Å²) >= 11 is 5.81. The van der Waals surface area contributed by atoms with Crippen LogP contribution in [0.15, 0.2) is 12.3 Å². The average Bonchev–Trinajstić information content (AvgIpc) is 2.59. The van der Waals surface area contributed by atoms with Gasteiger partial charge in [0.05, 0.1) is 22.0 Å². The summed E-state index contributed by atoms with van der Waals surface area (Å²) in [4.78, 5) is 27.3. The number of sulfone groups is 1. The Bertz CT molecular complexity index is 691. The molecule has 1 aromatic rings. The highest BCUT2D eigenvalue weighted by Crippen LogP contribution is 2.21. The van der Waals surface area contributed by atoms with Gasteiger partial charge in [-0.1, -0.05) is 11.6 Å². The Labute approximate surface area is 125 Å². The molecular formula is C11H12ClN3O5S. The highest BCUT2D eigenvalue weighted by Gasteiger charge is 2.26. The first kappa shape index (κ1) is 15.6. The third kappa shape index (κ3) is 3.67. The van der Waals surface area contributed by atoms with Gasteiger partial charge in [-0.3, -0.25) is 14.9 Å². The molecule has 2 heterocycles. The van der Waals surface area contributed by atoms with Crippen molar-refractivity contribution in [3.05, 3.63) is 33.1 Å². The molecule has 8 nitrogen and oxygen atoms in total. The Balaban J connectivity index is 2.27. The Morgan fingerprint density at radius 3 is 2.76 bits per heavy atom. The molecule has 21 heavy (non-hydrogen) atoms. The minimum absolute atomic E-state index is 0.0255. The van der Waals surface area contributed by atoms with E-state index in [0.717, 1.165) is 12.3 Å². The molecule has 0 unspecified atom stereocenters. The summed E-state index contributed by atoms with van der Waals surface area (Å²) in [6.45, 7) is 0.303. The minimum atomic E-state index is -3.15. The lowest BCUT2D eigenvalue weighted by Crippen LogP contribution is -2.34. The van der Waals surface area contributed by atoms with Crippen LogP contribution in [0.25, 0.3) is 0 Å². The molecule has 0 N–H and O–H groups in total. The quantitative estimate of drug-likeness (QED) is 0.452. The third-order valence-corrected chi connectivity index (χ3v) is 5.13. The number of hydrogen-bond acceptors (Lipinski definition) is 6. The van der Waals surface area contributed by atoms with Crippen LogP contribution in [0.5, 0.6) is 0 Å². The van der Waals surface area contributed by atoms with E-state index in [1.807, 2.05) is 0 Å². The fourth-order valence-electron chi connectivity index (χ4n) is 2.00. The zero-order chi connectivity index (χ0) is 15.6. The van der Waals surface area contributed by atoms with Crippen LogP contribution in [0.3, 0.4) is 0 Å². The average molecular weight is 334 g/mol. The van der Waals surface area contributed by atoms with Gasteiger partial charge in [0.15, 0.2) is 9.84 Å². The molecule has 0 aromatic carbocycles. The van der Waals surface area contributed by atoms with Crippen molar-refractivity contribution in [1.82, 2.24) is 9.88 Å².